The molecule has 0 heterocycles. The molecule has 3 unspecified atom stereocenters. The Morgan fingerprint density at radius 2 is 0.774 bits per heavy atom. The van der Waals surface area contributed by atoms with Crippen molar-refractivity contribution in [1.82, 2.24) is 10.6 Å². The quantitative estimate of drug-likeness (QED) is 0.0312. The molecule has 15 fully saturated rings. The predicted octanol–water partition coefficient (Wildman–Crippen LogP) is 19.5. The van der Waals surface area contributed by atoms with Crippen LogP contribution in [0.4, 0.5) is 0 Å². The zero-order valence-corrected chi connectivity index (χ0v) is 75.7. The first-order valence-corrected chi connectivity index (χ1v) is 47.3. The van der Waals surface area contributed by atoms with E-state index in [4.69, 9.17) is 9.47 Å². The van der Waals surface area contributed by atoms with Gasteiger partial charge in [-0.2, -0.15) is 0 Å². The Bertz CT molecular complexity index is 3650. The lowest BCUT2D eigenvalue weighted by Gasteiger charge is -2.73. The van der Waals surface area contributed by atoms with Crippen LogP contribution in [0.15, 0.2) is 73.3 Å². The van der Waals surface area contributed by atoms with Crippen molar-refractivity contribution in [1.29, 1.82) is 0 Å². The molecule has 13 nitrogen and oxygen atoms in total. The van der Waals surface area contributed by atoms with E-state index in [1.165, 1.54) is 115 Å². The average molecular weight is 1600 g/mol. The molecular weight excluding hydrogens is 1430 g/mol. The van der Waals surface area contributed by atoms with Gasteiger partial charge in [0.1, 0.15) is 13.2 Å². The molecule has 652 valence electrons. The number of fused-ring (bicyclic) bond motifs is 21. The minimum Gasteiger partial charge on any atom is -0.496 e. The van der Waals surface area contributed by atoms with Crippen molar-refractivity contribution in [3.05, 3.63) is 73.3 Å². The van der Waals surface area contributed by atoms with Crippen LogP contribution in [0.25, 0.3) is 0 Å². The molecule has 0 aliphatic heterocycles. The average Bonchev–Trinajstić information content (AvgIpc) is 1.66. The van der Waals surface area contributed by atoms with Crippen LogP contribution < -0.4 is 10.6 Å². The van der Waals surface area contributed by atoms with Crippen molar-refractivity contribution in [2.75, 3.05) is 66.4 Å². The highest BCUT2D eigenvalue weighted by Crippen LogP contribution is 2.83. The molecule has 10 N–H and O–H groups in total. The second-order valence-corrected chi connectivity index (χ2v) is 46.1. The van der Waals surface area contributed by atoms with Gasteiger partial charge >= 0.3 is 5.97 Å². The molecule has 115 heavy (non-hydrogen) atoms. The lowest BCUT2D eigenvalue weighted by molar-refractivity contribution is -0.252. The Hall–Kier alpha value is -3.01. The van der Waals surface area contributed by atoms with Crippen molar-refractivity contribution in [3.63, 3.8) is 0 Å². The number of allylic oxidation sites excluding steroid dienone is 3. The Labute approximate surface area is 698 Å². The molecule has 33 atom stereocenters. The van der Waals surface area contributed by atoms with E-state index in [9.17, 15) is 45.6 Å². The molecule has 0 amide bonds. The first-order chi connectivity index (χ1) is 54.0. The van der Waals surface area contributed by atoms with Crippen molar-refractivity contribution in [2.45, 2.75) is 315 Å². The molecule has 0 aromatic heterocycles. The van der Waals surface area contributed by atoms with E-state index in [2.05, 4.69) is 147 Å². The van der Waals surface area contributed by atoms with E-state index in [1.54, 1.807) is 0 Å². The van der Waals surface area contributed by atoms with Gasteiger partial charge in [0, 0.05) is 59.0 Å². The van der Waals surface area contributed by atoms with E-state index in [0.29, 0.717) is 113 Å². The van der Waals surface area contributed by atoms with Crippen LogP contribution in [0, 0.1) is 176 Å². The highest BCUT2D eigenvalue weighted by Gasteiger charge is 2.76. The van der Waals surface area contributed by atoms with Crippen LogP contribution in [0.2, 0.25) is 0 Å². The molecule has 0 bridgehead atoms. The summed E-state index contributed by atoms with van der Waals surface area (Å²) in [6.45, 7) is 65.4. The number of nitrogens with one attached hydrogen (secondary N) is 2. The summed E-state index contributed by atoms with van der Waals surface area (Å²) in [6.07, 6.45) is 35.1. The number of hydrogen-bond donors (Lipinski definition) is 10. The van der Waals surface area contributed by atoms with Gasteiger partial charge in [-0.15, -0.1) is 0 Å². The fourth-order valence-electron chi connectivity index (χ4n) is 36.8. The summed E-state index contributed by atoms with van der Waals surface area (Å²) in [5.41, 5.74) is 7.10. The highest BCUT2D eigenvalue weighted by atomic mass is 16.5. The smallest absolute Gasteiger partial charge is 0.302 e. The topological polar surface area (TPSA) is 221 Å². The van der Waals surface area contributed by atoms with Gasteiger partial charge in [0.05, 0.1) is 57.6 Å². The summed E-state index contributed by atoms with van der Waals surface area (Å²) in [5.74, 6) is 8.95. The maximum absolute atomic E-state index is 11.7. The molecule has 0 radical (unpaired) electrons. The van der Waals surface area contributed by atoms with Crippen LogP contribution >= 0.6 is 0 Å². The lowest BCUT2D eigenvalue weighted by Crippen LogP contribution is -2.67. The Morgan fingerprint density at radius 1 is 0.400 bits per heavy atom. The van der Waals surface area contributed by atoms with E-state index >= 15 is 0 Å². The fraction of sp³-hybridized carbons (Fsp3) is 0.873. The van der Waals surface area contributed by atoms with E-state index in [0.717, 1.165) is 142 Å². The summed E-state index contributed by atoms with van der Waals surface area (Å²) in [6, 6.07) is 0. The zero-order chi connectivity index (χ0) is 84.0. The molecule has 0 spiro atoms. The maximum atomic E-state index is 11.7. The van der Waals surface area contributed by atoms with Crippen LogP contribution in [0.5, 0.6) is 0 Å². The third-order valence-corrected chi connectivity index (χ3v) is 43.9. The first-order valence-electron chi connectivity index (χ1n) is 47.3. The van der Waals surface area contributed by atoms with Crippen molar-refractivity contribution in [3.8, 4) is 0 Å². The molecule has 15 aliphatic carbocycles. The molecule has 0 aromatic carbocycles. The summed E-state index contributed by atoms with van der Waals surface area (Å²) < 4.78 is 11.7. The number of hydrogen-bond acceptors (Lipinski definition) is 13. The van der Waals surface area contributed by atoms with Gasteiger partial charge in [0.25, 0.3) is 0 Å². The molecule has 15 saturated carbocycles. The minimum atomic E-state index is -0.418. The number of aliphatic hydroxyl groups is 8. The Balaban J connectivity index is 0.000000151. The summed E-state index contributed by atoms with van der Waals surface area (Å²) in [7, 11) is 2.03. The molecule has 15 aliphatic rings. The van der Waals surface area contributed by atoms with Gasteiger partial charge in [0.15, 0.2) is 0 Å². The number of carbonyl (C=O) groups excluding carboxylic acids is 1. The fourth-order valence-corrected chi connectivity index (χ4v) is 36.8. The first kappa shape index (κ1) is 89.7. The predicted molar refractivity (Wildman–Crippen MR) is 464 cm³/mol. The summed E-state index contributed by atoms with van der Waals surface area (Å²) in [4.78, 5) is 11.7. The van der Waals surface area contributed by atoms with Gasteiger partial charge in [0.2, 0.25) is 0 Å². The van der Waals surface area contributed by atoms with Crippen molar-refractivity contribution in [2.24, 2.45) is 176 Å². The molecule has 15 rings (SSSR count). The van der Waals surface area contributed by atoms with Gasteiger partial charge in [-0.25, -0.2) is 0 Å². The number of carbonyl (C=O) groups is 1. The molecule has 0 saturated heterocycles. The van der Waals surface area contributed by atoms with Gasteiger partial charge < -0.3 is 61.0 Å². The van der Waals surface area contributed by atoms with Crippen LogP contribution in [-0.4, -0.2) is 125 Å². The van der Waals surface area contributed by atoms with Gasteiger partial charge in [-0.3, -0.25) is 4.79 Å². The van der Waals surface area contributed by atoms with Gasteiger partial charge in [-0.05, 0) is 358 Å². The lowest BCUT2D eigenvalue weighted by atomic mass is 9.31. The number of esters is 1. The van der Waals surface area contributed by atoms with Crippen molar-refractivity contribution < 1.29 is 55.1 Å². The molecule has 0 aromatic rings. The standard InChI is InChI=1S/C37H60O4.C33H55NO4.C32H53NO3/c1-10-33(6)25(3)13-16-34(7)30(33)15-17-36(9)31(34)12-11-29-32-28(24(2)23-41-27(5)39)14-18-37(32,20-19-35(29,36)8)26(4)40-22-21-38;1-21(19-36)23-9-14-33(22(2)34-17-18-35)16-15-31(5)24(28(23)33)7-8-26-29(3)12-11-27(38)30(4,20-37)25(29)10-13-32(26,31)6;1-20(18-34)22-10-15-32(21(2)33-7)17-16-30(5)23(27(22)32)8-9-25-28(3)13-12-26(36)29(4,19-35)24(28)11-14-31(25,30)6/h25,28-32,38H,2,4,10-23H2,1,3,5-9H3;23-28,34-38H,1-2,7-20H2,3-6H3;22-27,33-36H,1-2,8-19H2,3-7H3/t25-,28-,29?,30-,31+,32+,33+,34-,35+,36+,37+;23-,24?,25+,26+,27-,28+,29-,30-,31+,32+,33+;22-,23?,24+,25+,26-,27+,28-,29-,30+,31+,32+/m000/s1. The number of ether oxygens (including phenoxy) is 2. The second kappa shape index (κ2) is 31.6. The van der Waals surface area contributed by atoms with Crippen LogP contribution in [-0.2, 0) is 14.3 Å². The van der Waals surface area contributed by atoms with Gasteiger partial charge in [-0.1, -0.05) is 143 Å². The third kappa shape index (κ3) is 12.7. The van der Waals surface area contributed by atoms with E-state index in [1.807, 2.05) is 7.05 Å². The largest absolute Gasteiger partial charge is 0.496 e. The number of rotatable bonds is 20. The second-order valence-electron chi connectivity index (χ2n) is 46.1. The minimum absolute atomic E-state index is 0.00314. The van der Waals surface area contributed by atoms with Crippen LogP contribution in [0.1, 0.15) is 303 Å². The maximum Gasteiger partial charge on any atom is 0.302 e. The van der Waals surface area contributed by atoms with Crippen LogP contribution in [0.3, 0.4) is 0 Å². The van der Waals surface area contributed by atoms with E-state index in [-0.39, 0.29) is 99.8 Å². The molecule has 13 heteroatoms. The SMILES string of the molecule is C=C(CO)[C@@H]1CC[C@]2(C(=C)NC)CC[C@]3(C)C(CC[C@@H]4[C@@]5(C)CC[C@H](O)[C@@](C)(CO)[C@@H]5CC[C@]43C)[C@@H]12.C=C(CO)[C@@H]1CC[C@]2(C(=C)NCCO)CC[C@]3(C)C(CC[C@@H]4[C@@]5(C)CC[C@H](O)[C@@](C)(CO)[C@@H]5CC[C@]43C)[C@@H]12.C=C(COC(C)=O)[C@@H]1CC[C@]2(C(=C)OCCO)CC[C@]3(C)C(CC[C@@H]4[C@@]5(C)CC[C@H](C)[C@@](C)(CC)[C@@H]5CC[C@]43C)[C@@H]12. The third-order valence-electron chi connectivity index (χ3n) is 43.9. The Morgan fingerprint density at radius 3 is 1.15 bits per heavy atom. The number of aliphatic hydroxyl groups excluding tert-OH is 8. The van der Waals surface area contributed by atoms with Crippen molar-refractivity contribution >= 4 is 5.97 Å². The zero-order valence-electron chi connectivity index (χ0n) is 75.7. The van der Waals surface area contributed by atoms with E-state index < -0.39 is 23.0 Å². The molecular formula is C102H168N2O11. The summed E-state index contributed by atoms with van der Waals surface area (Å²) >= 11 is 0. The normalized spacial score (nSPS) is 51.4. The monoisotopic (exact) mass is 1600 g/mol. The summed E-state index contributed by atoms with van der Waals surface area (Å²) in [5, 5.41) is 89.4. The highest BCUT2D eigenvalue weighted by molar-refractivity contribution is 5.66. The Kier molecular flexibility index (Phi) is 24.7.